The summed E-state index contributed by atoms with van der Waals surface area (Å²) in [6.07, 6.45) is 8.43. The van der Waals surface area contributed by atoms with Crippen LogP contribution < -0.4 is 4.90 Å². The summed E-state index contributed by atoms with van der Waals surface area (Å²) in [5.41, 5.74) is 15.5. The van der Waals surface area contributed by atoms with E-state index < -0.39 is 0 Å². The first kappa shape index (κ1) is 37.1. The van der Waals surface area contributed by atoms with Gasteiger partial charge in [0, 0.05) is 33.2 Å². The van der Waals surface area contributed by atoms with Gasteiger partial charge in [-0.15, -0.1) is 0 Å². The molecule has 3 heteroatoms. The minimum Gasteiger partial charge on any atom is -0.456 e. The van der Waals surface area contributed by atoms with Crippen LogP contribution in [0.3, 0.4) is 0 Å². The molecule has 312 valence electrons. The number of furan rings is 1. The van der Waals surface area contributed by atoms with Crippen molar-refractivity contribution >= 4 is 71.6 Å². The molecule has 0 unspecified atom stereocenters. The Balaban J connectivity index is 0.969. The molecular formula is C62H48N2O. The van der Waals surface area contributed by atoms with Crippen LogP contribution in [0.5, 0.6) is 0 Å². The normalized spacial score (nSPS) is 20.2. The molecule has 0 radical (unpaired) electrons. The van der Waals surface area contributed by atoms with Crippen molar-refractivity contribution in [3.05, 3.63) is 206 Å². The quantitative estimate of drug-likeness (QED) is 0.159. The molecule has 15 rings (SSSR count). The molecule has 3 nitrogen and oxygen atoms in total. The highest BCUT2D eigenvalue weighted by Gasteiger charge is 2.51. The van der Waals surface area contributed by atoms with Crippen LogP contribution in [0.15, 0.2) is 205 Å². The highest BCUT2D eigenvalue weighted by Crippen LogP contribution is 2.61. The van der Waals surface area contributed by atoms with Crippen molar-refractivity contribution in [1.82, 2.24) is 4.57 Å². The zero-order valence-corrected chi connectivity index (χ0v) is 36.3. The predicted molar refractivity (Wildman–Crippen MR) is 271 cm³/mol. The van der Waals surface area contributed by atoms with Gasteiger partial charge in [0.05, 0.1) is 22.1 Å². The van der Waals surface area contributed by atoms with Crippen molar-refractivity contribution < 1.29 is 4.42 Å². The summed E-state index contributed by atoms with van der Waals surface area (Å²) < 4.78 is 9.08. The second-order valence-corrected chi connectivity index (χ2v) is 19.5. The third-order valence-electron chi connectivity index (χ3n) is 15.7. The van der Waals surface area contributed by atoms with E-state index in [9.17, 15) is 0 Å². The zero-order chi connectivity index (χ0) is 42.6. The Morgan fingerprint density at radius 1 is 0.446 bits per heavy atom. The largest absolute Gasteiger partial charge is 0.456 e. The monoisotopic (exact) mass is 836 g/mol. The number of aromatic nitrogens is 1. The second-order valence-electron chi connectivity index (χ2n) is 19.5. The molecule has 4 aliphatic carbocycles. The van der Waals surface area contributed by atoms with E-state index in [1.165, 1.54) is 99.0 Å². The fraction of sp³-hybridized carbons (Fsp3) is 0.161. The Bertz CT molecular complexity index is 3590. The lowest BCUT2D eigenvalue weighted by atomic mass is 9.48. The first-order chi connectivity index (χ1) is 32.1. The van der Waals surface area contributed by atoms with E-state index in [1.807, 2.05) is 0 Å². The van der Waals surface area contributed by atoms with Crippen LogP contribution >= 0.6 is 0 Å². The van der Waals surface area contributed by atoms with Crippen molar-refractivity contribution in [2.45, 2.75) is 43.9 Å². The molecular weight excluding hydrogens is 789 g/mol. The first-order valence-electron chi connectivity index (χ1n) is 23.7. The number of anilines is 3. The molecule has 9 aromatic carbocycles. The lowest BCUT2D eigenvalue weighted by Crippen LogP contribution is -2.48. The van der Waals surface area contributed by atoms with Gasteiger partial charge in [0.25, 0.3) is 0 Å². The molecule has 0 saturated heterocycles. The summed E-state index contributed by atoms with van der Waals surface area (Å²) in [5, 5.41) is 7.31. The lowest BCUT2D eigenvalue weighted by Gasteiger charge is -2.57. The molecule has 65 heavy (non-hydrogen) atoms. The van der Waals surface area contributed by atoms with Crippen LogP contribution in [0.4, 0.5) is 17.1 Å². The van der Waals surface area contributed by atoms with Crippen molar-refractivity contribution in [2.75, 3.05) is 4.90 Å². The predicted octanol–water partition coefficient (Wildman–Crippen LogP) is 17.1. The molecule has 4 saturated carbocycles. The smallest absolute Gasteiger partial charge is 0.137 e. The Hall–Kier alpha value is -7.36. The van der Waals surface area contributed by atoms with Crippen molar-refractivity contribution in [2.24, 2.45) is 17.8 Å². The average Bonchev–Trinajstić information content (AvgIpc) is 3.90. The number of benzene rings is 9. The van der Waals surface area contributed by atoms with E-state index in [2.05, 4.69) is 210 Å². The number of nitrogens with zero attached hydrogens (tertiary/aromatic N) is 2. The average molecular weight is 837 g/mol. The number of hydrogen-bond donors (Lipinski definition) is 0. The fourth-order valence-electron chi connectivity index (χ4n) is 13.4. The van der Waals surface area contributed by atoms with Gasteiger partial charge in [-0.1, -0.05) is 140 Å². The molecule has 0 aliphatic heterocycles. The maximum atomic E-state index is 6.54. The van der Waals surface area contributed by atoms with E-state index >= 15 is 0 Å². The molecule has 4 fully saturated rings. The fourth-order valence-corrected chi connectivity index (χ4v) is 13.4. The molecule has 2 heterocycles. The van der Waals surface area contributed by atoms with Crippen molar-refractivity contribution in [1.29, 1.82) is 0 Å². The van der Waals surface area contributed by atoms with Gasteiger partial charge in [-0.3, -0.25) is 0 Å². The SMILES string of the molecule is c1ccc(-c2cccc3cccc(-c4ccc(N(c5ccc6c7ccc(C89CC%10CC(CC(C%10)C8)C9)cc7n(-c7ccccc7)c6c5)c5cccc6oc7ccccc7c56)cc4)c23)cc1. The Kier molecular flexibility index (Phi) is 8.17. The minimum absolute atomic E-state index is 0.316. The van der Waals surface area contributed by atoms with Crippen molar-refractivity contribution in [3.63, 3.8) is 0 Å². The summed E-state index contributed by atoms with van der Waals surface area (Å²) in [4.78, 5) is 2.44. The second kappa shape index (κ2) is 14.3. The number of para-hydroxylation sites is 2. The molecule has 4 aliphatic rings. The highest BCUT2D eigenvalue weighted by atomic mass is 16.3. The van der Waals surface area contributed by atoms with Gasteiger partial charge in [-0.2, -0.15) is 0 Å². The summed E-state index contributed by atoms with van der Waals surface area (Å²) in [6, 6.07) is 74.0. The Labute approximate surface area is 379 Å². The molecule has 0 N–H and O–H groups in total. The number of hydrogen-bond acceptors (Lipinski definition) is 2. The zero-order valence-electron chi connectivity index (χ0n) is 36.3. The van der Waals surface area contributed by atoms with E-state index in [0.29, 0.717) is 5.41 Å². The van der Waals surface area contributed by atoms with Gasteiger partial charge in [0.15, 0.2) is 0 Å². The first-order valence-corrected chi connectivity index (χ1v) is 23.7. The van der Waals surface area contributed by atoms with Crippen LogP contribution in [0.1, 0.15) is 44.1 Å². The third kappa shape index (κ3) is 5.81. The van der Waals surface area contributed by atoms with Gasteiger partial charge < -0.3 is 13.9 Å². The lowest BCUT2D eigenvalue weighted by molar-refractivity contribution is -0.00513. The maximum absolute atomic E-state index is 6.54. The van der Waals surface area contributed by atoms with E-state index in [4.69, 9.17) is 4.42 Å². The Morgan fingerprint density at radius 3 is 1.75 bits per heavy atom. The van der Waals surface area contributed by atoms with Crippen LogP contribution in [0, 0.1) is 17.8 Å². The van der Waals surface area contributed by atoms with E-state index in [-0.39, 0.29) is 0 Å². The summed E-state index contributed by atoms with van der Waals surface area (Å²) >= 11 is 0. The van der Waals surface area contributed by atoms with Gasteiger partial charge in [-0.05, 0) is 161 Å². The van der Waals surface area contributed by atoms with Gasteiger partial charge in [0.2, 0.25) is 0 Å². The van der Waals surface area contributed by atoms with Crippen LogP contribution in [0.2, 0.25) is 0 Å². The molecule has 11 aromatic rings. The molecule has 2 aromatic heterocycles. The third-order valence-corrected chi connectivity index (χ3v) is 15.7. The molecule has 4 bridgehead atoms. The van der Waals surface area contributed by atoms with E-state index in [1.54, 1.807) is 5.56 Å². The number of fused-ring (bicyclic) bond motifs is 7. The van der Waals surface area contributed by atoms with Gasteiger partial charge >= 0.3 is 0 Å². The maximum Gasteiger partial charge on any atom is 0.137 e. The standard InChI is InChI=1S/C62H48N2O/c1-3-12-43(13-4-1)50-19-9-14-45-15-10-20-51(60(45)50)44-24-27-48(28-25-44)63(55-21-11-23-59-61(55)54-18-7-8-22-58(54)65-59)49-29-31-53-52-30-26-46(62-37-40-32-41(38-62)34-42(33-40)39-62)35-56(52)64(57(53)36-49)47-16-5-2-6-17-47/h1-31,35-36,40-42H,32-34,37-39H2. The minimum atomic E-state index is 0.316. The highest BCUT2D eigenvalue weighted by molar-refractivity contribution is 6.15. The van der Waals surface area contributed by atoms with Crippen LogP contribution in [-0.2, 0) is 5.41 Å². The van der Waals surface area contributed by atoms with Gasteiger partial charge in [-0.25, -0.2) is 0 Å². The van der Waals surface area contributed by atoms with Gasteiger partial charge in [0.1, 0.15) is 11.2 Å². The molecule has 0 amide bonds. The van der Waals surface area contributed by atoms with Crippen LogP contribution in [-0.4, -0.2) is 4.57 Å². The summed E-state index contributed by atoms with van der Waals surface area (Å²) in [6.45, 7) is 0. The molecule has 0 spiro atoms. The molecule has 0 atom stereocenters. The summed E-state index contributed by atoms with van der Waals surface area (Å²) in [5.74, 6) is 2.69. The van der Waals surface area contributed by atoms with Crippen molar-refractivity contribution in [3.8, 4) is 27.9 Å². The van der Waals surface area contributed by atoms with E-state index in [0.717, 1.165) is 56.8 Å². The van der Waals surface area contributed by atoms with Crippen LogP contribution in [0.25, 0.3) is 82.5 Å². The summed E-state index contributed by atoms with van der Waals surface area (Å²) in [7, 11) is 0. The topological polar surface area (TPSA) is 21.3 Å². The number of rotatable bonds is 7. The Morgan fingerprint density at radius 2 is 1.03 bits per heavy atom.